The molecule has 2 unspecified atom stereocenters. The van der Waals surface area contributed by atoms with Crippen LogP contribution in [0.4, 0.5) is 0 Å². The quantitative estimate of drug-likeness (QED) is 0.448. The van der Waals surface area contributed by atoms with Crippen LogP contribution in [0.15, 0.2) is 0 Å². The third-order valence-electron chi connectivity index (χ3n) is 2.19. The Morgan fingerprint density at radius 3 is 2.17 bits per heavy atom. The van der Waals surface area contributed by atoms with Gasteiger partial charge in [-0.05, 0) is 45.9 Å². The van der Waals surface area contributed by atoms with Gasteiger partial charge in [-0.2, -0.15) is 5.26 Å². The number of hydrogen-bond acceptors (Lipinski definition) is 6. The molecule has 106 valence electrons. The Bertz CT molecular complexity index is 325. The summed E-state index contributed by atoms with van der Waals surface area (Å²) in [4.78, 5) is 0. The first kappa shape index (κ1) is 18.8. The van der Waals surface area contributed by atoms with Gasteiger partial charge in [0.25, 0.3) is 0 Å². The summed E-state index contributed by atoms with van der Waals surface area (Å²) in [6.45, 7) is 11.0. The lowest BCUT2D eigenvalue weighted by Crippen LogP contribution is -2.18. The van der Waals surface area contributed by atoms with E-state index in [2.05, 4.69) is 13.0 Å². The molecule has 7 heteroatoms. The molecule has 0 saturated carbocycles. The molecule has 0 N–H and O–H groups in total. The van der Waals surface area contributed by atoms with Gasteiger partial charge in [-0.3, -0.25) is 0 Å². The van der Waals surface area contributed by atoms with Crippen molar-refractivity contribution in [3.63, 3.8) is 0 Å². The molecule has 2 atom stereocenters. The summed E-state index contributed by atoms with van der Waals surface area (Å²) in [6.07, 6.45) is 0.811. The molecule has 0 fully saturated rings. The molecule has 3 nitrogen and oxygen atoms in total. The molecule has 0 rings (SSSR count). The topological polar surface area (TPSA) is 42.2 Å². The van der Waals surface area contributed by atoms with Crippen LogP contribution in [0, 0.1) is 11.3 Å². The van der Waals surface area contributed by atoms with E-state index >= 15 is 0 Å². The first-order chi connectivity index (χ1) is 8.34. The van der Waals surface area contributed by atoms with Crippen molar-refractivity contribution in [1.82, 2.24) is 0 Å². The van der Waals surface area contributed by atoms with E-state index in [4.69, 9.17) is 20.9 Å². The molecule has 0 amide bonds. The molecule has 0 aliphatic carbocycles. The van der Waals surface area contributed by atoms with Gasteiger partial charge in [0.05, 0.1) is 23.9 Å². The minimum absolute atomic E-state index is 0.179. The molecule has 0 aliphatic heterocycles. The van der Waals surface area contributed by atoms with E-state index < -0.39 is 5.69 Å². The van der Waals surface area contributed by atoms with Gasteiger partial charge in [-0.15, -0.1) is 11.8 Å². The van der Waals surface area contributed by atoms with Gasteiger partial charge in [-0.1, -0.05) is 18.3 Å². The first-order valence-electron chi connectivity index (χ1n) is 6.01. The summed E-state index contributed by atoms with van der Waals surface area (Å²) in [5, 5.41) is 9.18. The Labute approximate surface area is 124 Å². The number of hydrogen-bond donors (Lipinski definition) is 0. The van der Waals surface area contributed by atoms with Gasteiger partial charge in [-0.25, -0.2) is 0 Å². The van der Waals surface area contributed by atoms with Crippen molar-refractivity contribution in [3.05, 3.63) is 0 Å². The van der Waals surface area contributed by atoms with Gasteiger partial charge in [0, 0.05) is 0 Å². The highest BCUT2D eigenvalue weighted by Crippen LogP contribution is 2.64. The maximum absolute atomic E-state index is 9.18. The van der Waals surface area contributed by atoms with E-state index in [1.54, 1.807) is 23.1 Å². The monoisotopic (exact) mass is 327 g/mol. The van der Waals surface area contributed by atoms with Gasteiger partial charge in [0.2, 0.25) is 5.69 Å². The fourth-order valence-corrected chi connectivity index (χ4v) is 9.91. The molecule has 0 heterocycles. The molecule has 0 aromatic heterocycles. The van der Waals surface area contributed by atoms with Crippen molar-refractivity contribution in [2.45, 2.75) is 50.4 Å². The number of nitrogens with zero attached hydrogens (tertiary/aromatic N) is 1. The molecule has 0 saturated heterocycles. The average Bonchev–Trinajstić information content (AvgIpc) is 2.28. The third-order valence-corrected chi connectivity index (χ3v) is 9.89. The lowest BCUT2D eigenvalue weighted by molar-refractivity contribution is 0.280. The normalized spacial score (nSPS) is 16.9. The predicted octanol–water partition coefficient (Wildman–Crippen LogP) is 4.79. The van der Waals surface area contributed by atoms with Crippen LogP contribution in [0.1, 0.15) is 41.0 Å². The molecule has 0 aromatic rings. The summed E-state index contributed by atoms with van der Waals surface area (Å²) in [5.41, 5.74) is -2.26. The number of rotatable bonds is 9. The zero-order valence-corrected chi connectivity index (χ0v) is 15.0. The predicted molar refractivity (Wildman–Crippen MR) is 86.5 cm³/mol. The first-order valence-corrected chi connectivity index (χ1v) is 11.0. The molecule has 18 heavy (non-hydrogen) atoms. The van der Waals surface area contributed by atoms with Crippen molar-refractivity contribution in [2.75, 3.05) is 13.2 Å². The van der Waals surface area contributed by atoms with Crippen molar-refractivity contribution in [2.24, 2.45) is 0 Å². The van der Waals surface area contributed by atoms with Crippen LogP contribution in [0.2, 0.25) is 0 Å². The fourth-order valence-electron chi connectivity index (χ4n) is 1.17. The fraction of sp³-hybridized carbons (Fsp3) is 0.909. The highest BCUT2D eigenvalue weighted by Gasteiger charge is 2.30. The second-order valence-electron chi connectivity index (χ2n) is 3.77. The van der Waals surface area contributed by atoms with Gasteiger partial charge in [0.15, 0.2) is 0 Å². The van der Waals surface area contributed by atoms with Crippen molar-refractivity contribution in [1.29, 1.82) is 5.26 Å². The Balaban J connectivity index is 4.57. The summed E-state index contributed by atoms with van der Waals surface area (Å²) < 4.78 is 11.0. The second-order valence-corrected chi connectivity index (χ2v) is 12.5. The zero-order chi connectivity index (χ0) is 14.2. The highest BCUT2D eigenvalue weighted by atomic mass is 32.9. The summed E-state index contributed by atoms with van der Waals surface area (Å²) in [7, 11) is 0. The smallest absolute Gasteiger partial charge is 0.248 e. The maximum atomic E-state index is 9.18. The van der Waals surface area contributed by atoms with E-state index in [-0.39, 0.29) is 9.33 Å². The van der Waals surface area contributed by atoms with Crippen LogP contribution in [-0.2, 0) is 20.9 Å². The van der Waals surface area contributed by atoms with Crippen molar-refractivity contribution in [3.8, 4) is 6.07 Å². The van der Waals surface area contributed by atoms with E-state index in [1.807, 2.05) is 27.7 Å². The van der Waals surface area contributed by atoms with E-state index in [0.717, 1.165) is 6.42 Å². The maximum Gasteiger partial charge on any atom is 0.248 e. The highest BCUT2D eigenvalue weighted by molar-refractivity contribution is 8.69. The van der Waals surface area contributed by atoms with E-state index in [1.165, 1.54) is 0 Å². The summed E-state index contributed by atoms with van der Waals surface area (Å²) in [6, 6.07) is 2.36. The molecular formula is C11H22NO2PS3. The lowest BCUT2D eigenvalue weighted by Gasteiger charge is -2.27. The standard InChI is InChI=1S/C11H22NO2PS3/c1-6-11(5,9-12)17-10(4)18-15(16,13-7-2)14-8-3/h10H,6-8H2,1-5H3. The van der Waals surface area contributed by atoms with Crippen LogP contribution in [-0.4, -0.2) is 22.5 Å². The Hall–Kier alpha value is 0.760. The van der Waals surface area contributed by atoms with E-state index in [0.29, 0.717) is 13.2 Å². The minimum Gasteiger partial charge on any atom is -0.322 e. The second kappa shape index (κ2) is 8.84. The Morgan fingerprint density at radius 1 is 1.33 bits per heavy atom. The number of nitriles is 1. The van der Waals surface area contributed by atoms with Crippen LogP contribution >= 0.6 is 28.8 Å². The van der Waals surface area contributed by atoms with Crippen LogP contribution in [0.3, 0.4) is 0 Å². The Kier molecular flexibility index (Phi) is 9.21. The SMILES string of the molecule is CCOP(=S)(OCC)SC(C)SC(C)(C#N)CC. The summed E-state index contributed by atoms with van der Waals surface area (Å²) in [5.74, 6) is 0. The van der Waals surface area contributed by atoms with Crippen LogP contribution in [0.25, 0.3) is 0 Å². The van der Waals surface area contributed by atoms with Crippen molar-refractivity contribution < 1.29 is 9.05 Å². The average molecular weight is 327 g/mol. The molecule has 0 bridgehead atoms. The molecule has 0 radical (unpaired) electrons. The molecular weight excluding hydrogens is 305 g/mol. The third kappa shape index (κ3) is 6.79. The zero-order valence-electron chi connectivity index (χ0n) is 11.6. The number of thioether (sulfide) groups is 1. The Morgan fingerprint density at radius 2 is 1.83 bits per heavy atom. The van der Waals surface area contributed by atoms with Gasteiger partial charge >= 0.3 is 0 Å². The van der Waals surface area contributed by atoms with Gasteiger partial charge in [0.1, 0.15) is 4.75 Å². The van der Waals surface area contributed by atoms with Crippen LogP contribution < -0.4 is 0 Å². The molecule has 0 spiro atoms. The van der Waals surface area contributed by atoms with Crippen LogP contribution in [0.5, 0.6) is 0 Å². The lowest BCUT2D eigenvalue weighted by atomic mass is 10.1. The van der Waals surface area contributed by atoms with Crippen molar-refractivity contribution >= 4 is 40.6 Å². The molecule has 0 aromatic carbocycles. The minimum atomic E-state index is -2.26. The summed E-state index contributed by atoms with van der Waals surface area (Å²) >= 11 is 8.65. The molecule has 0 aliphatic rings. The largest absolute Gasteiger partial charge is 0.322 e. The van der Waals surface area contributed by atoms with E-state index in [9.17, 15) is 5.26 Å². The van der Waals surface area contributed by atoms with Gasteiger partial charge < -0.3 is 9.05 Å².